The Kier molecular flexibility index (Phi) is 6.35. The van der Waals surface area contributed by atoms with Gasteiger partial charge in [-0.3, -0.25) is 9.36 Å². The van der Waals surface area contributed by atoms with Crippen LogP contribution in [0, 0.1) is 5.92 Å². The molecule has 29 heavy (non-hydrogen) atoms. The average molecular weight is 435 g/mol. The highest BCUT2D eigenvalue weighted by molar-refractivity contribution is 8.00. The maximum Gasteiger partial charge on any atom is 0.235 e. The van der Waals surface area contributed by atoms with Gasteiger partial charge >= 0.3 is 0 Å². The summed E-state index contributed by atoms with van der Waals surface area (Å²) in [5.74, 6) is 2.32. The van der Waals surface area contributed by atoms with Gasteiger partial charge in [0.25, 0.3) is 0 Å². The van der Waals surface area contributed by atoms with Crippen molar-refractivity contribution in [2.45, 2.75) is 62.6 Å². The smallest absolute Gasteiger partial charge is 0.235 e. The van der Waals surface area contributed by atoms with Crippen molar-refractivity contribution in [3.8, 4) is 5.75 Å². The number of hydrogen-bond acceptors (Lipinski definition) is 5. The van der Waals surface area contributed by atoms with Gasteiger partial charge in [0.05, 0.1) is 10.3 Å². The molecule has 1 saturated carbocycles. The molecule has 0 N–H and O–H groups in total. The van der Waals surface area contributed by atoms with E-state index in [2.05, 4.69) is 21.7 Å². The summed E-state index contributed by atoms with van der Waals surface area (Å²) in [4.78, 5) is 14.9. The second-order valence-corrected chi connectivity index (χ2v) is 9.70. The predicted molar refractivity (Wildman–Crippen MR) is 114 cm³/mol. The number of thioether (sulfide) groups is 1. The number of aromatic nitrogens is 3. The fourth-order valence-corrected chi connectivity index (χ4v) is 4.80. The maximum absolute atomic E-state index is 12.9. The number of carbonyl (C=O) groups excluding carboxylic acids is 1. The standard InChI is InChI=1S/C21H27ClN4O2S/c1-14-9-11-25(12-10-14)20(27)15(2)29-21-24-23-19(26(21)16-7-8-16)13-28-18-6-4-3-5-17(18)22/h3-6,14-16H,7-13H2,1-2H3. The summed E-state index contributed by atoms with van der Waals surface area (Å²) >= 11 is 7.69. The van der Waals surface area contributed by atoms with Crippen LogP contribution in [-0.4, -0.2) is 43.9 Å². The molecule has 6 nitrogen and oxygen atoms in total. The molecule has 1 atom stereocenters. The van der Waals surface area contributed by atoms with Gasteiger partial charge in [-0.15, -0.1) is 10.2 Å². The van der Waals surface area contributed by atoms with Crippen LogP contribution in [0.5, 0.6) is 5.75 Å². The van der Waals surface area contributed by atoms with Crippen LogP contribution in [-0.2, 0) is 11.4 Å². The minimum absolute atomic E-state index is 0.178. The lowest BCUT2D eigenvalue weighted by Crippen LogP contribution is -2.41. The van der Waals surface area contributed by atoms with Crippen LogP contribution in [0.2, 0.25) is 5.02 Å². The van der Waals surface area contributed by atoms with Gasteiger partial charge in [-0.25, -0.2) is 0 Å². The van der Waals surface area contributed by atoms with E-state index in [0.29, 0.717) is 29.3 Å². The number of ether oxygens (including phenoxy) is 1. The predicted octanol–water partition coefficient (Wildman–Crippen LogP) is 4.58. The summed E-state index contributed by atoms with van der Waals surface area (Å²) < 4.78 is 8.02. The average Bonchev–Trinajstić information content (AvgIpc) is 3.48. The zero-order chi connectivity index (χ0) is 20.4. The Morgan fingerprint density at radius 3 is 2.66 bits per heavy atom. The summed E-state index contributed by atoms with van der Waals surface area (Å²) in [5.41, 5.74) is 0. The molecule has 1 aromatic carbocycles. The van der Waals surface area contributed by atoms with Crippen molar-refractivity contribution in [1.29, 1.82) is 0 Å². The van der Waals surface area contributed by atoms with E-state index < -0.39 is 0 Å². The molecule has 0 spiro atoms. The first-order valence-electron chi connectivity index (χ1n) is 10.3. The second-order valence-electron chi connectivity index (χ2n) is 7.99. The van der Waals surface area contributed by atoms with Crippen LogP contribution in [0.4, 0.5) is 0 Å². The van der Waals surface area contributed by atoms with Crippen molar-refractivity contribution in [3.05, 3.63) is 35.1 Å². The number of rotatable bonds is 7. The highest BCUT2D eigenvalue weighted by Gasteiger charge is 2.32. The van der Waals surface area contributed by atoms with Crippen LogP contribution >= 0.6 is 23.4 Å². The van der Waals surface area contributed by atoms with Crippen LogP contribution in [0.15, 0.2) is 29.4 Å². The van der Waals surface area contributed by atoms with Crippen LogP contribution in [0.3, 0.4) is 0 Å². The zero-order valence-corrected chi connectivity index (χ0v) is 18.5. The Morgan fingerprint density at radius 2 is 1.97 bits per heavy atom. The van der Waals surface area contributed by atoms with Crippen molar-refractivity contribution in [1.82, 2.24) is 19.7 Å². The van der Waals surface area contributed by atoms with E-state index in [1.54, 1.807) is 6.07 Å². The van der Waals surface area contributed by atoms with E-state index in [-0.39, 0.29) is 11.2 Å². The second kappa shape index (κ2) is 8.96. The van der Waals surface area contributed by atoms with Crippen molar-refractivity contribution in [2.75, 3.05) is 13.1 Å². The molecule has 4 rings (SSSR count). The van der Waals surface area contributed by atoms with Gasteiger partial charge in [0.2, 0.25) is 5.91 Å². The van der Waals surface area contributed by atoms with Crippen LogP contribution < -0.4 is 4.74 Å². The molecule has 1 aromatic heterocycles. The number of likely N-dealkylation sites (tertiary alicyclic amines) is 1. The number of halogens is 1. The van der Waals surface area contributed by atoms with Gasteiger partial charge in [-0.1, -0.05) is 42.4 Å². The number of amides is 1. The third-order valence-electron chi connectivity index (χ3n) is 5.57. The molecule has 156 valence electrons. The van der Waals surface area contributed by atoms with Crippen molar-refractivity contribution >= 4 is 29.3 Å². The Bertz CT molecular complexity index is 862. The lowest BCUT2D eigenvalue weighted by molar-refractivity contribution is -0.131. The molecule has 0 radical (unpaired) electrons. The maximum atomic E-state index is 12.9. The van der Waals surface area contributed by atoms with Crippen molar-refractivity contribution < 1.29 is 9.53 Å². The number of nitrogens with zero attached hydrogens (tertiary/aromatic N) is 4. The largest absolute Gasteiger partial charge is 0.484 e. The van der Waals surface area contributed by atoms with Crippen molar-refractivity contribution in [3.63, 3.8) is 0 Å². The van der Waals surface area contributed by atoms with Gasteiger partial charge < -0.3 is 9.64 Å². The molecule has 2 aliphatic rings. The van der Waals surface area contributed by atoms with Gasteiger partial charge in [-0.05, 0) is 50.7 Å². The van der Waals surface area contributed by atoms with E-state index in [0.717, 1.165) is 49.8 Å². The highest BCUT2D eigenvalue weighted by atomic mass is 35.5. The number of benzene rings is 1. The van der Waals surface area contributed by atoms with E-state index in [1.165, 1.54) is 11.8 Å². The molecule has 1 aliphatic carbocycles. The van der Waals surface area contributed by atoms with Gasteiger partial charge in [-0.2, -0.15) is 0 Å². The highest BCUT2D eigenvalue weighted by Crippen LogP contribution is 2.40. The van der Waals surface area contributed by atoms with Gasteiger partial charge in [0, 0.05) is 19.1 Å². The number of piperidine rings is 1. The molecule has 1 aliphatic heterocycles. The monoisotopic (exact) mass is 434 g/mol. The summed E-state index contributed by atoms with van der Waals surface area (Å²) in [6.07, 6.45) is 4.39. The molecule has 1 amide bonds. The summed E-state index contributed by atoms with van der Waals surface area (Å²) in [7, 11) is 0. The molecular formula is C21H27ClN4O2S. The first kappa shape index (κ1) is 20.5. The van der Waals surface area contributed by atoms with E-state index >= 15 is 0 Å². The summed E-state index contributed by atoms with van der Waals surface area (Å²) in [6, 6.07) is 7.81. The molecule has 2 heterocycles. The molecule has 2 fully saturated rings. The molecular weight excluding hydrogens is 408 g/mol. The van der Waals surface area contributed by atoms with Crippen LogP contribution in [0.1, 0.15) is 51.4 Å². The summed E-state index contributed by atoms with van der Waals surface area (Å²) in [5, 5.41) is 9.94. The Balaban J connectivity index is 1.43. The van der Waals surface area contributed by atoms with Crippen molar-refractivity contribution in [2.24, 2.45) is 5.92 Å². The van der Waals surface area contributed by atoms with Gasteiger partial charge in [0.1, 0.15) is 12.4 Å². The topological polar surface area (TPSA) is 60.3 Å². The molecule has 8 heteroatoms. The minimum Gasteiger partial charge on any atom is -0.484 e. The Hall–Kier alpha value is -1.73. The normalized spacial score (nSPS) is 18.7. The third-order valence-corrected chi connectivity index (χ3v) is 6.92. The fourth-order valence-electron chi connectivity index (χ4n) is 3.58. The molecule has 2 aromatic rings. The SMILES string of the molecule is CC1CCN(C(=O)C(C)Sc2nnc(COc3ccccc3Cl)n2C2CC2)CC1. The molecule has 0 bridgehead atoms. The zero-order valence-electron chi connectivity index (χ0n) is 16.9. The first-order valence-corrected chi connectivity index (χ1v) is 11.5. The fraction of sp³-hybridized carbons (Fsp3) is 0.571. The van der Waals surface area contributed by atoms with E-state index in [9.17, 15) is 4.79 Å². The van der Waals surface area contributed by atoms with Crippen LogP contribution in [0.25, 0.3) is 0 Å². The first-order chi connectivity index (χ1) is 14.0. The quantitative estimate of drug-likeness (QED) is 0.596. The Labute approximate surface area is 181 Å². The lowest BCUT2D eigenvalue weighted by atomic mass is 9.99. The Morgan fingerprint density at radius 1 is 1.24 bits per heavy atom. The summed E-state index contributed by atoms with van der Waals surface area (Å²) in [6.45, 7) is 6.25. The van der Waals surface area contributed by atoms with E-state index in [1.807, 2.05) is 30.0 Å². The van der Waals surface area contributed by atoms with Gasteiger partial charge in [0.15, 0.2) is 11.0 Å². The third kappa shape index (κ3) is 4.89. The number of hydrogen-bond donors (Lipinski definition) is 0. The van der Waals surface area contributed by atoms with E-state index in [4.69, 9.17) is 16.3 Å². The lowest BCUT2D eigenvalue weighted by Gasteiger charge is -2.32. The number of carbonyl (C=O) groups is 1. The number of para-hydroxylation sites is 1. The molecule has 1 unspecified atom stereocenters. The molecule has 1 saturated heterocycles. The minimum atomic E-state index is -0.178.